The number of benzene rings is 2. The molecule has 0 fully saturated rings. The van der Waals surface area contributed by atoms with Gasteiger partial charge in [-0.1, -0.05) is 36.4 Å². The van der Waals surface area contributed by atoms with Crippen LogP contribution in [0.25, 0.3) is 5.69 Å². The van der Waals surface area contributed by atoms with Gasteiger partial charge in [-0.25, -0.2) is 4.68 Å². The molecule has 2 heterocycles. The second-order valence-corrected chi connectivity index (χ2v) is 6.64. The van der Waals surface area contributed by atoms with Crippen LogP contribution in [0, 0.1) is 13.8 Å². The Morgan fingerprint density at radius 2 is 1.81 bits per heavy atom. The molecule has 4 rings (SSSR count). The molecule has 0 unspecified atom stereocenters. The number of aryl methyl sites for hydroxylation is 1. The predicted octanol–water partition coefficient (Wildman–Crippen LogP) is 3.49. The smallest absolute Gasteiger partial charge is 0.243 e. The van der Waals surface area contributed by atoms with Crippen molar-refractivity contribution in [3.8, 4) is 5.69 Å². The van der Waals surface area contributed by atoms with Crippen molar-refractivity contribution < 1.29 is 4.79 Å². The minimum atomic E-state index is -0.0134. The number of aromatic nitrogens is 2. The number of para-hydroxylation sites is 2. The number of amides is 1. The summed E-state index contributed by atoms with van der Waals surface area (Å²) >= 11 is 0. The molecule has 5 heteroatoms. The van der Waals surface area contributed by atoms with Crippen molar-refractivity contribution in [1.29, 1.82) is 0 Å². The van der Waals surface area contributed by atoms with Crippen molar-refractivity contribution in [2.24, 2.45) is 0 Å². The highest BCUT2D eigenvalue weighted by Gasteiger charge is 2.22. The maximum absolute atomic E-state index is 12.6. The van der Waals surface area contributed by atoms with Crippen molar-refractivity contribution in [2.75, 3.05) is 23.3 Å². The third-order valence-corrected chi connectivity index (χ3v) is 4.87. The highest BCUT2D eigenvalue weighted by Crippen LogP contribution is 2.27. The lowest BCUT2D eigenvalue weighted by Gasteiger charge is -2.18. The molecule has 0 atom stereocenters. The summed E-state index contributed by atoms with van der Waals surface area (Å²) < 4.78 is 1.87. The van der Waals surface area contributed by atoms with Crippen LogP contribution in [0.3, 0.4) is 0 Å². The molecule has 1 amide bonds. The van der Waals surface area contributed by atoms with Gasteiger partial charge in [0, 0.05) is 12.2 Å². The fourth-order valence-electron chi connectivity index (χ4n) is 3.57. The summed E-state index contributed by atoms with van der Waals surface area (Å²) in [6, 6.07) is 18.2. The quantitative estimate of drug-likeness (QED) is 0.787. The second kappa shape index (κ2) is 6.67. The molecule has 0 aliphatic carbocycles. The minimum absolute atomic E-state index is 0.0134. The van der Waals surface area contributed by atoms with Gasteiger partial charge in [0.05, 0.1) is 29.3 Å². The van der Waals surface area contributed by atoms with E-state index >= 15 is 0 Å². The Kier molecular flexibility index (Phi) is 4.21. The van der Waals surface area contributed by atoms with Crippen LogP contribution in [0.2, 0.25) is 0 Å². The Morgan fingerprint density at radius 3 is 2.62 bits per heavy atom. The largest absolute Gasteiger partial charge is 0.362 e. The first-order valence-corrected chi connectivity index (χ1v) is 8.88. The number of fused-ring (bicyclic) bond motifs is 1. The lowest BCUT2D eigenvalue weighted by atomic mass is 10.2. The van der Waals surface area contributed by atoms with Gasteiger partial charge >= 0.3 is 0 Å². The zero-order chi connectivity index (χ0) is 18.1. The van der Waals surface area contributed by atoms with Gasteiger partial charge < -0.3 is 10.2 Å². The van der Waals surface area contributed by atoms with Crippen molar-refractivity contribution in [1.82, 2.24) is 9.78 Å². The number of carbonyl (C=O) groups is 1. The molecule has 132 valence electrons. The van der Waals surface area contributed by atoms with Crippen molar-refractivity contribution >= 4 is 17.3 Å². The van der Waals surface area contributed by atoms with Gasteiger partial charge in [-0.3, -0.25) is 4.79 Å². The first kappa shape index (κ1) is 16.4. The first-order valence-electron chi connectivity index (χ1n) is 8.88. The van der Waals surface area contributed by atoms with Gasteiger partial charge in [0.25, 0.3) is 0 Å². The van der Waals surface area contributed by atoms with E-state index in [1.54, 1.807) is 0 Å². The van der Waals surface area contributed by atoms with Crippen LogP contribution in [0.1, 0.15) is 17.0 Å². The number of nitrogens with one attached hydrogen (secondary N) is 1. The number of hydrogen-bond acceptors (Lipinski definition) is 3. The average Bonchev–Trinajstić information content (AvgIpc) is 3.19. The number of anilines is 2. The zero-order valence-electron chi connectivity index (χ0n) is 15.1. The molecule has 0 radical (unpaired) electrons. The zero-order valence-corrected chi connectivity index (χ0v) is 15.1. The van der Waals surface area contributed by atoms with Gasteiger partial charge in [-0.15, -0.1) is 0 Å². The SMILES string of the molecule is Cc1nn(-c2ccccc2)c(C)c1NC(=O)CN1CCc2ccccc21. The molecular weight excluding hydrogens is 324 g/mol. The van der Waals surface area contributed by atoms with Gasteiger partial charge in [0.2, 0.25) is 5.91 Å². The van der Waals surface area contributed by atoms with Gasteiger partial charge in [0.15, 0.2) is 0 Å². The van der Waals surface area contributed by atoms with E-state index in [2.05, 4.69) is 27.4 Å². The average molecular weight is 346 g/mol. The van der Waals surface area contributed by atoms with E-state index in [0.29, 0.717) is 6.54 Å². The Labute approximate surface area is 153 Å². The van der Waals surface area contributed by atoms with Gasteiger partial charge in [-0.2, -0.15) is 5.10 Å². The Morgan fingerprint density at radius 1 is 1.08 bits per heavy atom. The maximum atomic E-state index is 12.6. The second-order valence-electron chi connectivity index (χ2n) is 6.64. The maximum Gasteiger partial charge on any atom is 0.243 e. The van der Waals surface area contributed by atoms with Crippen LogP contribution < -0.4 is 10.2 Å². The van der Waals surface area contributed by atoms with E-state index in [-0.39, 0.29) is 5.91 Å². The van der Waals surface area contributed by atoms with Crippen molar-refractivity contribution in [2.45, 2.75) is 20.3 Å². The highest BCUT2D eigenvalue weighted by atomic mass is 16.2. The molecule has 5 nitrogen and oxygen atoms in total. The third-order valence-electron chi connectivity index (χ3n) is 4.87. The van der Waals surface area contributed by atoms with Crippen LogP contribution in [0.5, 0.6) is 0 Å². The van der Waals surface area contributed by atoms with Crippen LogP contribution in [-0.4, -0.2) is 28.8 Å². The van der Waals surface area contributed by atoms with E-state index in [1.165, 1.54) is 5.56 Å². The molecule has 1 aliphatic heterocycles. The topological polar surface area (TPSA) is 50.2 Å². The third kappa shape index (κ3) is 2.96. The van der Waals surface area contributed by atoms with Gasteiger partial charge in [0.1, 0.15) is 0 Å². The fraction of sp³-hybridized carbons (Fsp3) is 0.238. The van der Waals surface area contributed by atoms with E-state index in [4.69, 9.17) is 0 Å². The Hall–Kier alpha value is -3.08. The van der Waals surface area contributed by atoms with E-state index in [0.717, 1.165) is 41.4 Å². The fourth-order valence-corrected chi connectivity index (χ4v) is 3.57. The molecule has 3 aromatic rings. The summed E-state index contributed by atoms with van der Waals surface area (Å²) in [6.07, 6.45) is 0.994. The summed E-state index contributed by atoms with van der Waals surface area (Å²) in [4.78, 5) is 14.8. The summed E-state index contributed by atoms with van der Waals surface area (Å²) in [5.41, 5.74) is 6.01. The predicted molar refractivity (Wildman–Crippen MR) is 104 cm³/mol. The lowest BCUT2D eigenvalue weighted by molar-refractivity contribution is -0.115. The molecule has 1 N–H and O–H groups in total. The minimum Gasteiger partial charge on any atom is -0.362 e. The highest BCUT2D eigenvalue weighted by molar-refractivity contribution is 5.95. The van der Waals surface area contributed by atoms with Crippen LogP contribution in [-0.2, 0) is 11.2 Å². The van der Waals surface area contributed by atoms with Crippen LogP contribution in [0.4, 0.5) is 11.4 Å². The number of carbonyl (C=O) groups excluding carboxylic acids is 1. The normalized spacial score (nSPS) is 12.9. The molecule has 0 saturated carbocycles. The summed E-state index contributed by atoms with van der Waals surface area (Å²) in [7, 11) is 0. The number of hydrogen-bond donors (Lipinski definition) is 1. The van der Waals surface area contributed by atoms with Crippen molar-refractivity contribution in [3.05, 3.63) is 71.5 Å². The van der Waals surface area contributed by atoms with E-state index < -0.39 is 0 Å². The summed E-state index contributed by atoms with van der Waals surface area (Å²) in [5, 5.41) is 7.65. The Bertz CT molecular complexity index is 946. The first-order chi connectivity index (χ1) is 12.6. The summed E-state index contributed by atoms with van der Waals surface area (Å²) in [5.74, 6) is -0.0134. The number of rotatable bonds is 4. The van der Waals surface area contributed by atoms with Gasteiger partial charge in [-0.05, 0) is 44.0 Å². The Balaban J connectivity index is 1.51. The molecule has 0 bridgehead atoms. The molecule has 1 aromatic heterocycles. The monoisotopic (exact) mass is 346 g/mol. The lowest BCUT2D eigenvalue weighted by Crippen LogP contribution is -2.32. The van der Waals surface area contributed by atoms with E-state index in [9.17, 15) is 4.79 Å². The molecule has 0 saturated heterocycles. The number of nitrogens with zero attached hydrogens (tertiary/aromatic N) is 3. The van der Waals surface area contributed by atoms with Crippen molar-refractivity contribution in [3.63, 3.8) is 0 Å². The standard InChI is InChI=1S/C21H22N4O/c1-15-21(16(2)25(23-15)18-9-4-3-5-10-18)22-20(26)14-24-13-12-17-8-6-7-11-19(17)24/h3-11H,12-14H2,1-2H3,(H,22,26). The van der Waals surface area contributed by atoms with E-state index in [1.807, 2.05) is 61.0 Å². The molecule has 1 aliphatic rings. The molecular formula is C21H22N4O. The molecule has 26 heavy (non-hydrogen) atoms. The summed E-state index contributed by atoms with van der Waals surface area (Å²) in [6.45, 7) is 5.14. The van der Waals surface area contributed by atoms with Crippen LogP contribution >= 0.6 is 0 Å². The molecule has 2 aromatic carbocycles. The van der Waals surface area contributed by atoms with Crippen LogP contribution in [0.15, 0.2) is 54.6 Å². The molecule has 0 spiro atoms.